The van der Waals surface area contributed by atoms with Gasteiger partial charge in [-0.15, -0.1) is 0 Å². The molecule has 2 aliphatic rings. The van der Waals surface area contributed by atoms with Crippen LogP contribution in [0.15, 0.2) is 0 Å². The topological polar surface area (TPSA) is 96.4 Å². The molecular formula is C20H34N2O6. The summed E-state index contributed by atoms with van der Waals surface area (Å²) in [6.45, 7) is 12.4. The standard InChI is InChI=1S/C20H34N2O6/c1-19(2,3)27-17(25)21-9-7-13(8-10-21)14-11-15(16(23)24)22(12-14)18(26)28-20(4,5)6/h13-15H,7-12H2,1-6H3,(H,23,24). The number of carbonyl (C=O) groups excluding carboxylic acids is 2. The number of amides is 2. The van der Waals surface area contributed by atoms with Crippen LogP contribution in [0.4, 0.5) is 9.59 Å². The minimum absolute atomic E-state index is 0.0920. The molecule has 2 unspecified atom stereocenters. The number of aliphatic carboxylic acids is 1. The van der Waals surface area contributed by atoms with Crippen molar-refractivity contribution in [3.8, 4) is 0 Å². The van der Waals surface area contributed by atoms with Crippen LogP contribution in [0.1, 0.15) is 60.8 Å². The van der Waals surface area contributed by atoms with Crippen molar-refractivity contribution in [3.63, 3.8) is 0 Å². The number of nitrogens with zero attached hydrogens (tertiary/aromatic N) is 2. The highest BCUT2D eigenvalue weighted by molar-refractivity contribution is 5.81. The average molecular weight is 399 g/mol. The smallest absolute Gasteiger partial charge is 0.411 e. The summed E-state index contributed by atoms with van der Waals surface area (Å²) in [4.78, 5) is 39.4. The normalized spacial score (nSPS) is 24.2. The maximum absolute atomic E-state index is 12.4. The first-order valence-corrected chi connectivity index (χ1v) is 9.97. The Morgan fingerprint density at radius 2 is 1.36 bits per heavy atom. The minimum atomic E-state index is -1.00. The molecule has 2 amide bonds. The van der Waals surface area contributed by atoms with Gasteiger partial charge in [0.2, 0.25) is 0 Å². The lowest BCUT2D eigenvalue weighted by Gasteiger charge is -2.35. The van der Waals surface area contributed by atoms with E-state index in [0.29, 0.717) is 26.1 Å². The third-order valence-corrected chi connectivity index (χ3v) is 5.10. The third kappa shape index (κ3) is 6.01. The van der Waals surface area contributed by atoms with Crippen LogP contribution in [-0.2, 0) is 14.3 Å². The third-order valence-electron chi connectivity index (χ3n) is 5.10. The van der Waals surface area contributed by atoms with Gasteiger partial charge in [0.15, 0.2) is 0 Å². The van der Waals surface area contributed by atoms with Crippen LogP contribution >= 0.6 is 0 Å². The van der Waals surface area contributed by atoms with E-state index in [0.717, 1.165) is 12.8 Å². The zero-order valence-corrected chi connectivity index (χ0v) is 17.9. The van der Waals surface area contributed by atoms with Crippen LogP contribution in [0.2, 0.25) is 0 Å². The Bertz CT molecular complexity index is 599. The second kappa shape index (κ2) is 8.17. The number of carboxylic acids is 1. The lowest BCUT2D eigenvalue weighted by Crippen LogP contribution is -2.44. The number of hydrogen-bond donors (Lipinski definition) is 1. The van der Waals surface area contributed by atoms with Crippen LogP contribution in [0.25, 0.3) is 0 Å². The quantitative estimate of drug-likeness (QED) is 0.766. The number of likely N-dealkylation sites (tertiary alicyclic amines) is 2. The number of carboxylic acid groups (broad SMARTS) is 1. The molecule has 0 saturated carbocycles. The second-order valence-corrected chi connectivity index (χ2v) is 9.79. The van der Waals surface area contributed by atoms with E-state index in [-0.39, 0.29) is 17.9 Å². The molecule has 8 heteroatoms. The van der Waals surface area contributed by atoms with E-state index in [2.05, 4.69) is 0 Å². The Labute approximate surface area is 167 Å². The molecule has 2 saturated heterocycles. The van der Waals surface area contributed by atoms with E-state index in [4.69, 9.17) is 9.47 Å². The Hall–Kier alpha value is -1.99. The lowest BCUT2D eigenvalue weighted by atomic mass is 9.83. The minimum Gasteiger partial charge on any atom is -0.480 e. The Morgan fingerprint density at radius 1 is 0.857 bits per heavy atom. The van der Waals surface area contributed by atoms with E-state index >= 15 is 0 Å². The highest BCUT2D eigenvalue weighted by Crippen LogP contribution is 2.36. The maximum Gasteiger partial charge on any atom is 0.411 e. The average Bonchev–Trinajstić information content (AvgIpc) is 2.97. The number of piperidine rings is 1. The first kappa shape index (κ1) is 22.3. The molecule has 1 N–H and O–H groups in total. The van der Waals surface area contributed by atoms with Gasteiger partial charge in [-0.25, -0.2) is 14.4 Å². The summed E-state index contributed by atoms with van der Waals surface area (Å²) < 4.78 is 10.8. The zero-order valence-electron chi connectivity index (χ0n) is 17.9. The van der Waals surface area contributed by atoms with Crippen LogP contribution in [0.5, 0.6) is 0 Å². The summed E-state index contributed by atoms with van der Waals surface area (Å²) in [5.74, 6) is -0.637. The van der Waals surface area contributed by atoms with Crippen molar-refractivity contribution in [3.05, 3.63) is 0 Å². The van der Waals surface area contributed by atoms with Gasteiger partial charge in [-0.3, -0.25) is 4.90 Å². The second-order valence-electron chi connectivity index (χ2n) is 9.79. The summed E-state index contributed by atoms with van der Waals surface area (Å²) in [6.07, 6.45) is 1.09. The van der Waals surface area contributed by atoms with Crippen molar-refractivity contribution in [2.45, 2.75) is 78.0 Å². The van der Waals surface area contributed by atoms with Crippen molar-refractivity contribution >= 4 is 18.2 Å². The molecular weight excluding hydrogens is 364 g/mol. The monoisotopic (exact) mass is 398 g/mol. The van der Waals surface area contributed by atoms with Gasteiger partial charge in [0.1, 0.15) is 17.2 Å². The number of hydrogen-bond acceptors (Lipinski definition) is 5. The molecule has 0 radical (unpaired) electrons. The molecule has 2 aliphatic heterocycles. The summed E-state index contributed by atoms with van der Waals surface area (Å²) in [6, 6.07) is -0.858. The maximum atomic E-state index is 12.4. The molecule has 2 heterocycles. The van der Waals surface area contributed by atoms with Crippen molar-refractivity contribution < 1.29 is 29.0 Å². The summed E-state index contributed by atoms with van der Waals surface area (Å²) in [5, 5.41) is 9.55. The van der Waals surface area contributed by atoms with Crippen molar-refractivity contribution in [2.24, 2.45) is 11.8 Å². The molecule has 160 valence electrons. The van der Waals surface area contributed by atoms with E-state index in [9.17, 15) is 19.5 Å². The summed E-state index contributed by atoms with van der Waals surface area (Å²) in [7, 11) is 0. The molecule has 0 bridgehead atoms. The molecule has 0 spiro atoms. The van der Waals surface area contributed by atoms with Gasteiger partial charge in [0, 0.05) is 19.6 Å². The van der Waals surface area contributed by atoms with Crippen molar-refractivity contribution in [2.75, 3.05) is 19.6 Å². The largest absolute Gasteiger partial charge is 0.480 e. The number of ether oxygens (including phenoxy) is 2. The lowest BCUT2D eigenvalue weighted by molar-refractivity contribution is -0.142. The summed E-state index contributed by atoms with van der Waals surface area (Å²) in [5.41, 5.74) is -1.20. The van der Waals surface area contributed by atoms with Gasteiger partial charge in [-0.1, -0.05) is 0 Å². The van der Waals surface area contributed by atoms with E-state index < -0.39 is 29.3 Å². The highest BCUT2D eigenvalue weighted by Gasteiger charge is 2.44. The first-order chi connectivity index (χ1) is 12.8. The van der Waals surface area contributed by atoms with Gasteiger partial charge in [-0.2, -0.15) is 0 Å². The van der Waals surface area contributed by atoms with Crippen LogP contribution in [0, 0.1) is 11.8 Å². The molecule has 0 aromatic heterocycles. The molecule has 0 aliphatic carbocycles. The fourth-order valence-electron chi connectivity index (χ4n) is 3.85. The fraction of sp³-hybridized carbons (Fsp3) is 0.850. The molecule has 0 aromatic rings. The molecule has 8 nitrogen and oxygen atoms in total. The fourth-order valence-corrected chi connectivity index (χ4v) is 3.85. The molecule has 0 aromatic carbocycles. The van der Waals surface area contributed by atoms with E-state index in [1.54, 1.807) is 25.7 Å². The predicted octanol–water partition coefficient (Wildman–Crippen LogP) is 3.34. The van der Waals surface area contributed by atoms with Crippen LogP contribution in [-0.4, -0.2) is 69.9 Å². The number of carbonyl (C=O) groups is 3. The number of rotatable bonds is 2. The summed E-state index contributed by atoms with van der Waals surface area (Å²) >= 11 is 0. The van der Waals surface area contributed by atoms with Gasteiger partial charge in [0.05, 0.1) is 0 Å². The Kier molecular flexibility index (Phi) is 6.51. The molecule has 2 atom stereocenters. The first-order valence-electron chi connectivity index (χ1n) is 9.97. The van der Waals surface area contributed by atoms with Crippen LogP contribution < -0.4 is 0 Å². The Morgan fingerprint density at radius 3 is 1.82 bits per heavy atom. The van der Waals surface area contributed by atoms with Gasteiger partial charge < -0.3 is 19.5 Å². The van der Waals surface area contributed by atoms with Gasteiger partial charge >= 0.3 is 18.2 Å². The Balaban J connectivity index is 1.95. The van der Waals surface area contributed by atoms with E-state index in [1.807, 2.05) is 20.8 Å². The van der Waals surface area contributed by atoms with Gasteiger partial charge in [-0.05, 0) is 72.6 Å². The predicted molar refractivity (Wildman–Crippen MR) is 103 cm³/mol. The van der Waals surface area contributed by atoms with Gasteiger partial charge in [0.25, 0.3) is 0 Å². The van der Waals surface area contributed by atoms with Crippen molar-refractivity contribution in [1.29, 1.82) is 0 Å². The zero-order chi connectivity index (χ0) is 21.3. The molecule has 28 heavy (non-hydrogen) atoms. The highest BCUT2D eigenvalue weighted by atomic mass is 16.6. The van der Waals surface area contributed by atoms with Crippen LogP contribution in [0.3, 0.4) is 0 Å². The molecule has 2 rings (SSSR count). The molecule has 2 fully saturated rings. The van der Waals surface area contributed by atoms with Crippen molar-refractivity contribution in [1.82, 2.24) is 9.80 Å². The SMILES string of the molecule is CC(C)(C)OC(=O)N1CCC(C2CC(C(=O)O)N(C(=O)OC(C)(C)C)C2)CC1. The van der Waals surface area contributed by atoms with E-state index in [1.165, 1.54) is 4.90 Å².